The average Bonchev–Trinajstić information content (AvgIpc) is 2.74. The van der Waals surface area contributed by atoms with Crippen LogP contribution in [0.15, 0.2) is 42.5 Å². The minimum Gasteiger partial charge on any atom is -0.369 e. The predicted octanol–water partition coefficient (Wildman–Crippen LogP) is 2.62. The quantitative estimate of drug-likeness (QED) is 0.772. The summed E-state index contributed by atoms with van der Waals surface area (Å²) in [5, 5.41) is 9.33. The molecule has 0 aliphatic rings. The molecule has 2 aromatic carbocycles. The third kappa shape index (κ3) is 1.99. The van der Waals surface area contributed by atoms with Crippen LogP contribution in [0, 0.1) is 11.3 Å². The lowest BCUT2D eigenvalue weighted by Gasteiger charge is -2.04. The molecule has 0 radical (unpaired) electrons. The fraction of sp³-hybridized carbons (Fsp3) is 0.125. The van der Waals surface area contributed by atoms with Gasteiger partial charge in [0.05, 0.1) is 16.6 Å². The van der Waals surface area contributed by atoms with E-state index in [2.05, 4.69) is 23.2 Å². The lowest BCUT2D eigenvalue weighted by atomic mass is 10.0. The summed E-state index contributed by atoms with van der Waals surface area (Å²) in [7, 11) is 1.82. The van der Waals surface area contributed by atoms with Gasteiger partial charge in [0, 0.05) is 7.05 Å². The van der Waals surface area contributed by atoms with Crippen molar-refractivity contribution in [2.24, 2.45) is 7.05 Å². The summed E-state index contributed by atoms with van der Waals surface area (Å²) >= 11 is 0. The third-order valence-electron chi connectivity index (χ3n) is 3.44. The number of fused-ring (bicyclic) bond motifs is 1. The van der Waals surface area contributed by atoms with Crippen molar-refractivity contribution < 1.29 is 0 Å². The Morgan fingerprint density at radius 1 is 1.20 bits per heavy atom. The van der Waals surface area contributed by atoms with Crippen LogP contribution in [-0.4, -0.2) is 9.55 Å². The molecule has 1 aromatic heterocycles. The molecule has 0 saturated carbocycles. The van der Waals surface area contributed by atoms with Crippen molar-refractivity contribution in [1.29, 1.82) is 5.26 Å². The van der Waals surface area contributed by atoms with Crippen LogP contribution in [0.3, 0.4) is 0 Å². The number of imidazole rings is 1. The summed E-state index contributed by atoms with van der Waals surface area (Å²) in [6, 6.07) is 16.3. The minimum absolute atomic E-state index is 0.424. The maximum absolute atomic E-state index is 9.33. The number of hydrogen-bond acceptors (Lipinski definition) is 3. The first-order chi connectivity index (χ1) is 9.69. The highest BCUT2D eigenvalue weighted by atomic mass is 15.1. The zero-order valence-electron chi connectivity index (χ0n) is 11.2. The second-order valence-electron chi connectivity index (χ2n) is 4.81. The van der Waals surface area contributed by atoms with E-state index in [0.717, 1.165) is 23.0 Å². The van der Waals surface area contributed by atoms with Crippen LogP contribution in [0.4, 0.5) is 5.95 Å². The van der Waals surface area contributed by atoms with Gasteiger partial charge in [-0.3, -0.25) is 0 Å². The molecule has 0 aliphatic heterocycles. The number of nitrogens with two attached hydrogens (primary N) is 1. The number of anilines is 1. The van der Waals surface area contributed by atoms with Gasteiger partial charge in [-0.1, -0.05) is 30.3 Å². The maximum atomic E-state index is 9.33. The van der Waals surface area contributed by atoms with E-state index in [1.807, 2.05) is 37.4 Å². The molecule has 4 heteroatoms. The molecule has 98 valence electrons. The Morgan fingerprint density at radius 2 is 1.95 bits per heavy atom. The standard InChI is InChI=1S/C16H14N4/c1-20-15-13(10-17)8-12(9-14(15)19-16(20)18)7-11-5-3-2-4-6-11/h2-6,8-9H,7H2,1H3,(H2,18,19). The number of aromatic nitrogens is 2. The topological polar surface area (TPSA) is 67.6 Å². The summed E-state index contributed by atoms with van der Waals surface area (Å²) in [5.41, 5.74) is 10.3. The van der Waals surface area contributed by atoms with Gasteiger partial charge in [0.15, 0.2) is 0 Å². The molecule has 0 aliphatic carbocycles. The van der Waals surface area contributed by atoms with E-state index < -0.39 is 0 Å². The number of nitrogens with zero attached hydrogens (tertiary/aromatic N) is 3. The molecule has 0 saturated heterocycles. The SMILES string of the molecule is Cn1c(N)nc2cc(Cc3ccccc3)cc(C#N)c21. The number of nitrogen functional groups attached to an aromatic ring is 1. The van der Waals surface area contributed by atoms with Crippen molar-refractivity contribution in [3.05, 3.63) is 59.2 Å². The van der Waals surface area contributed by atoms with Gasteiger partial charge >= 0.3 is 0 Å². The van der Waals surface area contributed by atoms with Crippen molar-refractivity contribution in [3.63, 3.8) is 0 Å². The lowest BCUT2D eigenvalue weighted by molar-refractivity contribution is 0.963. The third-order valence-corrected chi connectivity index (χ3v) is 3.44. The number of hydrogen-bond donors (Lipinski definition) is 1. The fourth-order valence-corrected chi connectivity index (χ4v) is 2.45. The van der Waals surface area contributed by atoms with Gasteiger partial charge in [0.25, 0.3) is 0 Å². The van der Waals surface area contributed by atoms with E-state index in [4.69, 9.17) is 5.73 Å². The van der Waals surface area contributed by atoms with Crippen LogP contribution < -0.4 is 5.73 Å². The largest absolute Gasteiger partial charge is 0.369 e. The number of rotatable bonds is 2. The van der Waals surface area contributed by atoms with Gasteiger partial charge in [0.2, 0.25) is 5.95 Å². The Balaban J connectivity index is 2.12. The average molecular weight is 262 g/mol. The molecule has 3 rings (SSSR count). The molecule has 0 atom stereocenters. The van der Waals surface area contributed by atoms with Gasteiger partial charge in [-0.15, -0.1) is 0 Å². The maximum Gasteiger partial charge on any atom is 0.200 e. The summed E-state index contributed by atoms with van der Waals surface area (Å²) in [4.78, 5) is 4.31. The van der Waals surface area contributed by atoms with Crippen LogP contribution in [0.2, 0.25) is 0 Å². The first-order valence-corrected chi connectivity index (χ1v) is 6.38. The molecular weight excluding hydrogens is 248 g/mol. The second kappa shape index (κ2) is 4.71. The van der Waals surface area contributed by atoms with Gasteiger partial charge in [-0.05, 0) is 29.7 Å². The Labute approximate surface area is 117 Å². The number of benzene rings is 2. The van der Waals surface area contributed by atoms with Crippen molar-refractivity contribution in [3.8, 4) is 6.07 Å². The molecule has 4 nitrogen and oxygen atoms in total. The fourth-order valence-electron chi connectivity index (χ4n) is 2.45. The van der Waals surface area contributed by atoms with E-state index >= 15 is 0 Å². The minimum atomic E-state index is 0.424. The summed E-state index contributed by atoms with van der Waals surface area (Å²) in [5.74, 6) is 0.424. The zero-order chi connectivity index (χ0) is 14.1. The van der Waals surface area contributed by atoms with E-state index in [9.17, 15) is 5.26 Å². The molecule has 20 heavy (non-hydrogen) atoms. The summed E-state index contributed by atoms with van der Waals surface area (Å²) in [6.45, 7) is 0. The molecule has 1 heterocycles. The monoisotopic (exact) mass is 262 g/mol. The van der Waals surface area contributed by atoms with Crippen molar-refractivity contribution in [2.75, 3.05) is 5.73 Å². The molecule has 3 aromatic rings. The Morgan fingerprint density at radius 3 is 2.65 bits per heavy atom. The smallest absolute Gasteiger partial charge is 0.200 e. The van der Waals surface area contributed by atoms with E-state index in [0.29, 0.717) is 11.5 Å². The van der Waals surface area contributed by atoms with Crippen LogP contribution in [0.1, 0.15) is 16.7 Å². The molecule has 0 unspecified atom stereocenters. The van der Waals surface area contributed by atoms with Gasteiger partial charge in [-0.2, -0.15) is 5.26 Å². The first kappa shape index (κ1) is 12.2. The van der Waals surface area contributed by atoms with Crippen LogP contribution in [-0.2, 0) is 13.5 Å². The summed E-state index contributed by atoms with van der Waals surface area (Å²) in [6.07, 6.45) is 0.780. The number of aryl methyl sites for hydroxylation is 1. The second-order valence-corrected chi connectivity index (χ2v) is 4.81. The molecule has 0 spiro atoms. The van der Waals surface area contributed by atoms with Gasteiger partial charge in [0.1, 0.15) is 6.07 Å². The van der Waals surface area contributed by atoms with E-state index in [1.165, 1.54) is 5.56 Å². The summed E-state index contributed by atoms with van der Waals surface area (Å²) < 4.78 is 1.75. The van der Waals surface area contributed by atoms with Gasteiger partial charge in [-0.25, -0.2) is 4.98 Å². The first-order valence-electron chi connectivity index (χ1n) is 6.38. The lowest BCUT2D eigenvalue weighted by Crippen LogP contribution is -1.97. The van der Waals surface area contributed by atoms with Crippen LogP contribution in [0.5, 0.6) is 0 Å². The van der Waals surface area contributed by atoms with E-state index in [-0.39, 0.29) is 0 Å². The molecule has 0 amide bonds. The number of nitriles is 1. The van der Waals surface area contributed by atoms with Gasteiger partial charge < -0.3 is 10.3 Å². The Hall–Kier alpha value is -2.80. The molecular formula is C16H14N4. The highest BCUT2D eigenvalue weighted by Gasteiger charge is 2.11. The van der Waals surface area contributed by atoms with E-state index in [1.54, 1.807) is 4.57 Å². The van der Waals surface area contributed by atoms with Crippen LogP contribution >= 0.6 is 0 Å². The van der Waals surface area contributed by atoms with Crippen molar-refractivity contribution in [2.45, 2.75) is 6.42 Å². The Bertz CT molecular complexity index is 810. The highest BCUT2D eigenvalue weighted by Crippen LogP contribution is 2.23. The predicted molar refractivity (Wildman–Crippen MR) is 79.1 cm³/mol. The molecule has 0 bridgehead atoms. The zero-order valence-corrected chi connectivity index (χ0v) is 11.2. The normalized spacial score (nSPS) is 10.6. The van der Waals surface area contributed by atoms with Crippen LogP contribution in [0.25, 0.3) is 11.0 Å². The Kier molecular flexibility index (Phi) is 2.88. The molecule has 2 N–H and O–H groups in total. The molecule has 0 fully saturated rings. The highest BCUT2D eigenvalue weighted by molar-refractivity contribution is 5.85. The van der Waals surface area contributed by atoms with Crippen molar-refractivity contribution in [1.82, 2.24) is 9.55 Å². The van der Waals surface area contributed by atoms with Crippen molar-refractivity contribution >= 4 is 17.0 Å².